The van der Waals surface area contributed by atoms with Crippen molar-refractivity contribution in [3.8, 4) is 11.3 Å². The van der Waals surface area contributed by atoms with E-state index in [1.807, 2.05) is 11.8 Å². The molecule has 0 spiro atoms. The van der Waals surface area contributed by atoms with Gasteiger partial charge < -0.3 is 4.90 Å². The van der Waals surface area contributed by atoms with E-state index in [0.29, 0.717) is 27.1 Å². The second-order valence-corrected chi connectivity index (χ2v) is 8.32. The number of aryl methyl sites for hydroxylation is 1. The first-order chi connectivity index (χ1) is 13.4. The van der Waals surface area contributed by atoms with Crippen molar-refractivity contribution in [1.82, 2.24) is 19.5 Å². The molecule has 1 saturated heterocycles. The average molecular weight is 445 g/mol. The van der Waals surface area contributed by atoms with Gasteiger partial charge in [-0.25, -0.2) is 13.9 Å². The molecule has 1 aromatic carbocycles. The van der Waals surface area contributed by atoms with Crippen LogP contribution in [0.3, 0.4) is 0 Å². The largest absolute Gasteiger partial charge is 0.335 e. The Morgan fingerprint density at radius 2 is 2.04 bits per heavy atom. The summed E-state index contributed by atoms with van der Waals surface area (Å²) in [6, 6.07) is 8.57. The normalized spacial score (nSPS) is 17.7. The van der Waals surface area contributed by atoms with Crippen molar-refractivity contribution in [2.75, 3.05) is 6.54 Å². The molecular weight excluding hydrogens is 423 g/mol. The fraction of sp³-hybridized carbons (Fsp3) is 0.381. The summed E-state index contributed by atoms with van der Waals surface area (Å²) < 4.78 is 16.7. The van der Waals surface area contributed by atoms with Crippen LogP contribution in [0.5, 0.6) is 0 Å². The first-order valence-corrected chi connectivity index (χ1v) is 10.4. The maximum Gasteiger partial charge on any atom is 0.272 e. The number of nitrogens with zero attached hydrogens (tertiary/aromatic N) is 4. The van der Waals surface area contributed by atoms with E-state index in [9.17, 15) is 9.18 Å². The Morgan fingerprint density at radius 3 is 2.82 bits per heavy atom. The van der Waals surface area contributed by atoms with Crippen molar-refractivity contribution < 1.29 is 9.18 Å². The van der Waals surface area contributed by atoms with E-state index < -0.39 is 0 Å². The number of fused-ring (bicyclic) bond motifs is 1. The molecule has 3 heterocycles. The summed E-state index contributed by atoms with van der Waals surface area (Å²) in [6.45, 7) is 4.74. The SMILES string of the molecule is Cc1cc(C(=O)N2CCCCCC2C)nc2cc(-c3ccc(Br)cc3F)nn12. The number of carbonyl (C=O) groups is 1. The molecule has 0 radical (unpaired) electrons. The van der Waals surface area contributed by atoms with Crippen LogP contribution in [-0.2, 0) is 0 Å². The molecule has 1 unspecified atom stereocenters. The van der Waals surface area contributed by atoms with E-state index in [1.54, 1.807) is 28.8 Å². The van der Waals surface area contributed by atoms with E-state index in [2.05, 4.69) is 32.9 Å². The van der Waals surface area contributed by atoms with Gasteiger partial charge in [-0.05, 0) is 51.0 Å². The van der Waals surface area contributed by atoms with E-state index in [-0.39, 0.29) is 17.8 Å². The highest BCUT2D eigenvalue weighted by molar-refractivity contribution is 9.10. The molecule has 5 nitrogen and oxygen atoms in total. The van der Waals surface area contributed by atoms with Gasteiger partial charge in [0.05, 0.1) is 5.69 Å². The molecular formula is C21H22BrFN4O. The lowest BCUT2D eigenvalue weighted by Crippen LogP contribution is -2.38. The van der Waals surface area contributed by atoms with E-state index in [0.717, 1.165) is 37.9 Å². The van der Waals surface area contributed by atoms with Crippen LogP contribution in [0.15, 0.2) is 34.8 Å². The van der Waals surface area contributed by atoms with Crippen molar-refractivity contribution in [2.24, 2.45) is 0 Å². The minimum absolute atomic E-state index is 0.0439. The number of halogens is 2. The molecule has 1 aliphatic rings. The van der Waals surface area contributed by atoms with Crippen molar-refractivity contribution in [3.05, 3.63) is 52.0 Å². The molecule has 1 aliphatic heterocycles. The summed E-state index contributed by atoms with van der Waals surface area (Å²) in [5.74, 6) is -0.400. The maximum atomic E-state index is 14.3. The Bertz CT molecular complexity index is 1050. The highest BCUT2D eigenvalue weighted by Crippen LogP contribution is 2.26. The predicted octanol–water partition coefficient (Wildman–Crippen LogP) is 5.01. The highest BCUT2D eigenvalue weighted by atomic mass is 79.9. The molecule has 28 heavy (non-hydrogen) atoms. The van der Waals surface area contributed by atoms with Gasteiger partial charge in [-0.1, -0.05) is 28.8 Å². The van der Waals surface area contributed by atoms with Gasteiger partial charge in [0.2, 0.25) is 0 Å². The number of hydrogen-bond donors (Lipinski definition) is 0. The molecule has 3 aromatic rings. The van der Waals surface area contributed by atoms with Gasteiger partial charge in [-0.2, -0.15) is 5.10 Å². The summed E-state index contributed by atoms with van der Waals surface area (Å²) in [4.78, 5) is 19.6. The monoisotopic (exact) mass is 444 g/mol. The van der Waals surface area contributed by atoms with E-state index in [4.69, 9.17) is 0 Å². The smallest absolute Gasteiger partial charge is 0.272 e. The van der Waals surface area contributed by atoms with Crippen molar-refractivity contribution in [1.29, 1.82) is 0 Å². The number of carbonyl (C=O) groups excluding carboxylic acids is 1. The molecule has 0 saturated carbocycles. The molecule has 0 bridgehead atoms. The second kappa shape index (κ2) is 7.62. The molecule has 1 fully saturated rings. The lowest BCUT2D eigenvalue weighted by atomic mass is 10.1. The van der Waals surface area contributed by atoms with Crippen LogP contribution in [0.25, 0.3) is 16.9 Å². The first kappa shape index (κ1) is 19.1. The highest BCUT2D eigenvalue weighted by Gasteiger charge is 2.25. The molecule has 0 N–H and O–H groups in total. The molecule has 1 atom stereocenters. The molecule has 2 aromatic heterocycles. The van der Waals surface area contributed by atoms with Crippen LogP contribution < -0.4 is 0 Å². The van der Waals surface area contributed by atoms with Gasteiger partial charge in [-0.3, -0.25) is 4.79 Å². The van der Waals surface area contributed by atoms with Gasteiger partial charge in [-0.15, -0.1) is 0 Å². The number of benzene rings is 1. The van der Waals surface area contributed by atoms with E-state index >= 15 is 0 Å². The minimum atomic E-state index is -0.356. The van der Waals surface area contributed by atoms with Gasteiger partial charge in [0.15, 0.2) is 5.65 Å². The summed E-state index contributed by atoms with van der Waals surface area (Å²) in [7, 11) is 0. The molecule has 1 amide bonds. The zero-order chi connectivity index (χ0) is 19.8. The minimum Gasteiger partial charge on any atom is -0.335 e. The van der Waals surface area contributed by atoms with Crippen LogP contribution in [0.1, 0.15) is 48.8 Å². The third-order valence-electron chi connectivity index (χ3n) is 5.35. The Morgan fingerprint density at radius 1 is 1.21 bits per heavy atom. The molecule has 7 heteroatoms. The average Bonchev–Trinajstić information content (AvgIpc) is 2.96. The lowest BCUT2D eigenvalue weighted by molar-refractivity contribution is 0.0692. The summed E-state index contributed by atoms with van der Waals surface area (Å²) in [6.07, 6.45) is 4.36. The quantitative estimate of drug-likeness (QED) is 0.557. The summed E-state index contributed by atoms with van der Waals surface area (Å²) in [5, 5.41) is 4.49. The summed E-state index contributed by atoms with van der Waals surface area (Å²) >= 11 is 3.27. The second-order valence-electron chi connectivity index (χ2n) is 7.40. The van der Waals surface area contributed by atoms with Crippen LogP contribution in [0, 0.1) is 12.7 Å². The van der Waals surface area contributed by atoms with Gasteiger partial charge in [0.1, 0.15) is 11.5 Å². The Labute approximate surface area is 171 Å². The maximum absolute atomic E-state index is 14.3. The van der Waals surface area contributed by atoms with Gasteiger partial charge >= 0.3 is 0 Å². The van der Waals surface area contributed by atoms with Crippen LogP contribution >= 0.6 is 15.9 Å². The van der Waals surface area contributed by atoms with Gasteiger partial charge in [0, 0.05) is 34.4 Å². The topological polar surface area (TPSA) is 50.5 Å². The zero-order valence-electron chi connectivity index (χ0n) is 16.0. The van der Waals surface area contributed by atoms with Crippen molar-refractivity contribution >= 4 is 27.5 Å². The number of aromatic nitrogens is 3. The molecule has 4 rings (SSSR count). The fourth-order valence-electron chi connectivity index (χ4n) is 3.79. The Kier molecular flexibility index (Phi) is 5.19. The van der Waals surface area contributed by atoms with E-state index in [1.165, 1.54) is 6.07 Å². The molecule has 0 aliphatic carbocycles. The van der Waals surface area contributed by atoms with Crippen LogP contribution in [0.4, 0.5) is 4.39 Å². The number of likely N-dealkylation sites (tertiary alicyclic amines) is 1. The fourth-order valence-corrected chi connectivity index (χ4v) is 4.12. The van der Waals surface area contributed by atoms with Crippen LogP contribution in [0.2, 0.25) is 0 Å². The standard InChI is InChI=1S/C21H22BrFN4O/c1-13-6-4-3-5-9-26(13)21(28)19-10-14(2)27-20(24-19)12-18(25-27)16-8-7-15(22)11-17(16)23/h7-8,10-13H,3-6,9H2,1-2H3. The van der Waals surface area contributed by atoms with Crippen molar-refractivity contribution in [2.45, 2.75) is 45.6 Å². The third-order valence-corrected chi connectivity index (χ3v) is 5.84. The lowest BCUT2D eigenvalue weighted by Gasteiger charge is -2.26. The third kappa shape index (κ3) is 3.55. The number of hydrogen-bond acceptors (Lipinski definition) is 3. The van der Waals surface area contributed by atoms with Crippen LogP contribution in [-0.4, -0.2) is 38.0 Å². The predicted molar refractivity (Wildman–Crippen MR) is 110 cm³/mol. The number of amides is 1. The molecule has 146 valence electrons. The van der Waals surface area contributed by atoms with Gasteiger partial charge in [0.25, 0.3) is 5.91 Å². The van der Waals surface area contributed by atoms with Crippen molar-refractivity contribution in [3.63, 3.8) is 0 Å². The zero-order valence-corrected chi connectivity index (χ0v) is 17.5. The Balaban J connectivity index is 1.73. The Hall–Kier alpha value is -2.28. The first-order valence-electron chi connectivity index (χ1n) is 9.58. The summed E-state index contributed by atoms with van der Waals surface area (Å²) in [5.41, 5.74) is 2.65. The number of rotatable bonds is 2.